The van der Waals surface area contributed by atoms with E-state index < -0.39 is 0 Å². The summed E-state index contributed by atoms with van der Waals surface area (Å²) >= 11 is 8.51. The van der Waals surface area contributed by atoms with Crippen LogP contribution in [0.25, 0.3) is 15.9 Å². The third kappa shape index (κ3) is 4.59. The van der Waals surface area contributed by atoms with Gasteiger partial charge >= 0.3 is 0 Å². The molecule has 2 aromatic heterocycles. The second kappa shape index (κ2) is 9.64. The van der Waals surface area contributed by atoms with Crippen molar-refractivity contribution in [3.05, 3.63) is 69.3 Å². The van der Waals surface area contributed by atoms with E-state index >= 15 is 0 Å². The van der Waals surface area contributed by atoms with Gasteiger partial charge in [-0.2, -0.15) is 0 Å². The fourth-order valence-corrected chi connectivity index (χ4v) is 4.75. The van der Waals surface area contributed by atoms with Gasteiger partial charge in [0.1, 0.15) is 4.70 Å². The van der Waals surface area contributed by atoms with Crippen LogP contribution in [0.1, 0.15) is 0 Å². The summed E-state index contributed by atoms with van der Waals surface area (Å²) in [6, 6.07) is 13.8. The van der Waals surface area contributed by atoms with Gasteiger partial charge in [0.05, 0.1) is 31.2 Å². The van der Waals surface area contributed by atoms with Crippen LogP contribution in [-0.2, 0) is 4.79 Å². The van der Waals surface area contributed by atoms with Crippen molar-refractivity contribution in [2.75, 3.05) is 25.3 Å². The molecule has 4 rings (SSSR count). The van der Waals surface area contributed by atoms with Crippen molar-refractivity contribution in [1.29, 1.82) is 0 Å². The van der Waals surface area contributed by atoms with Crippen LogP contribution in [0.4, 0.5) is 5.69 Å². The molecule has 2 heterocycles. The lowest BCUT2D eigenvalue weighted by Gasteiger charge is -2.13. The molecule has 4 aromatic rings. The summed E-state index contributed by atoms with van der Waals surface area (Å²) in [7, 11) is 3.08. The molecule has 0 fully saturated rings. The lowest BCUT2D eigenvalue weighted by atomic mass is 10.2. The number of hydrogen-bond acceptors (Lipinski definition) is 7. The first kappa shape index (κ1) is 22.2. The van der Waals surface area contributed by atoms with Crippen molar-refractivity contribution in [3.8, 4) is 17.2 Å². The predicted octanol–water partition coefficient (Wildman–Crippen LogP) is 4.85. The molecule has 0 bridgehead atoms. The highest BCUT2D eigenvalue weighted by atomic mass is 35.5. The van der Waals surface area contributed by atoms with Crippen molar-refractivity contribution in [2.24, 2.45) is 0 Å². The zero-order valence-electron chi connectivity index (χ0n) is 17.1. The van der Waals surface area contributed by atoms with E-state index in [4.69, 9.17) is 21.1 Å². The van der Waals surface area contributed by atoms with Gasteiger partial charge in [-0.05, 0) is 47.8 Å². The molecule has 7 nitrogen and oxygen atoms in total. The number of thiophene rings is 1. The molecule has 10 heteroatoms. The molecule has 1 N–H and O–H groups in total. The van der Waals surface area contributed by atoms with Crippen LogP contribution in [0.5, 0.6) is 11.5 Å². The maximum Gasteiger partial charge on any atom is 0.276 e. The minimum Gasteiger partial charge on any atom is -0.493 e. The number of nitrogens with one attached hydrogen (secondary N) is 1. The Hall–Kier alpha value is -3.01. The van der Waals surface area contributed by atoms with Crippen LogP contribution >= 0.6 is 34.7 Å². The Morgan fingerprint density at radius 2 is 1.88 bits per heavy atom. The number of anilines is 1. The van der Waals surface area contributed by atoms with Crippen molar-refractivity contribution in [3.63, 3.8) is 0 Å². The van der Waals surface area contributed by atoms with Gasteiger partial charge in [0.25, 0.3) is 5.56 Å². The van der Waals surface area contributed by atoms with Crippen molar-refractivity contribution < 1.29 is 14.3 Å². The smallest absolute Gasteiger partial charge is 0.276 e. The van der Waals surface area contributed by atoms with Gasteiger partial charge in [0.2, 0.25) is 5.91 Å². The molecule has 32 heavy (non-hydrogen) atoms. The standard InChI is InChI=1S/C22H18ClN3O4S2/c1-29-17-8-5-14(11-18(17)30-2)24-19(27)12-32-22-25-16-9-10-31-20(16)21(28)26(22)15-6-3-13(23)4-7-15/h3-11H,12H2,1-2H3,(H,24,27). The molecule has 0 spiro atoms. The minimum atomic E-state index is -0.246. The Morgan fingerprint density at radius 1 is 1.12 bits per heavy atom. The summed E-state index contributed by atoms with van der Waals surface area (Å²) in [5.41, 5.74) is 1.62. The number of ether oxygens (including phenoxy) is 2. The van der Waals surface area contributed by atoms with E-state index in [2.05, 4.69) is 10.3 Å². The van der Waals surface area contributed by atoms with E-state index in [1.165, 1.54) is 34.8 Å². The van der Waals surface area contributed by atoms with E-state index in [1.807, 2.05) is 5.38 Å². The fourth-order valence-electron chi connectivity index (χ4n) is 3.05. The fraction of sp³-hybridized carbons (Fsp3) is 0.136. The molecule has 0 aliphatic heterocycles. The molecule has 0 aliphatic carbocycles. The van der Waals surface area contributed by atoms with Crippen LogP contribution < -0.4 is 20.3 Å². The van der Waals surface area contributed by atoms with Crippen molar-refractivity contribution in [2.45, 2.75) is 5.16 Å². The van der Waals surface area contributed by atoms with Crippen LogP contribution in [0.3, 0.4) is 0 Å². The third-order valence-electron chi connectivity index (χ3n) is 4.53. The molecular weight excluding hydrogens is 470 g/mol. The molecule has 0 aliphatic rings. The van der Waals surface area contributed by atoms with Gasteiger partial charge in [0.15, 0.2) is 16.7 Å². The maximum absolute atomic E-state index is 13.1. The van der Waals surface area contributed by atoms with E-state index in [9.17, 15) is 9.59 Å². The summed E-state index contributed by atoms with van der Waals surface area (Å²) in [6.45, 7) is 0. The summed E-state index contributed by atoms with van der Waals surface area (Å²) < 4.78 is 12.5. The summed E-state index contributed by atoms with van der Waals surface area (Å²) in [6.07, 6.45) is 0. The van der Waals surface area contributed by atoms with Crippen molar-refractivity contribution in [1.82, 2.24) is 9.55 Å². The van der Waals surface area contributed by atoms with Crippen LogP contribution in [0.15, 0.2) is 63.9 Å². The number of aromatic nitrogens is 2. The Morgan fingerprint density at radius 3 is 2.59 bits per heavy atom. The number of carbonyl (C=O) groups is 1. The Kier molecular flexibility index (Phi) is 6.69. The topological polar surface area (TPSA) is 82.5 Å². The first-order chi connectivity index (χ1) is 15.5. The monoisotopic (exact) mass is 487 g/mol. The molecule has 0 saturated heterocycles. The van der Waals surface area contributed by atoms with Gasteiger partial charge in [-0.25, -0.2) is 4.98 Å². The van der Waals surface area contributed by atoms with Gasteiger partial charge in [0, 0.05) is 16.8 Å². The number of benzene rings is 2. The second-order valence-corrected chi connectivity index (χ2v) is 8.85. The normalized spacial score (nSPS) is 10.8. The lowest BCUT2D eigenvalue weighted by molar-refractivity contribution is -0.113. The van der Waals surface area contributed by atoms with E-state index in [1.54, 1.807) is 55.6 Å². The average molecular weight is 488 g/mol. The molecule has 164 valence electrons. The van der Waals surface area contributed by atoms with E-state index in [0.29, 0.717) is 43.3 Å². The number of rotatable bonds is 7. The molecule has 0 saturated carbocycles. The lowest BCUT2D eigenvalue weighted by Crippen LogP contribution is -2.22. The molecule has 2 aromatic carbocycles. The first-order valence-corrected chi connectivity index (χ1v) is 11.7. The number of halogens is 1. The van der Waals surface area contributed by atoms with Crippen LogP contribution in [0, 0.1) is 0 Å². The average Bonchev–Trinajstić information content (AvgIpc) is 3.27. The number of nitrogens with zero attached hydrogens (tertiary/aromatic N) is 2. The molecule has 0 radical (unpaired) electrons. The first-order valence-electron chi connectivity index (χ1n) is 9.41. The number of methoxy groups -OCH3 is 2. The van der Waals surface area contributed by atoms with Gasteiger partial charge in [-0.15, -0.1) is 11.3 Å². The van der Waals surface area contributed by atoms with E-state index in [0.717, 1.165) is 0 Å². The van der Waals surface area contributed by atoms with Crippen molar-refractivity contribution >= 4 is 56.5 Å². The molecule has 0 unspecified atom stereocenters. The maximum atomic E-state index is 13.1. The minimum absolute atomic E-state index is 0.0595. The Bertz CT molecular complexity index is 1340. The summed E-state index contributed by atoms with van der Waals surface area (Å²) in [4.78, 5) is 30.3. The molecule has 0 atom stereocenters. The number of thioether (sulfide) groups is 1. The zero-order valence-corrected chi connectivity index (χ0v) is 19.5. The molecular formula is C22H18ClN3O4S2. The highest BCUT2D eigenvalue weighted by molar-refractivity contribution is 7.99. The highest BCUT2D eigenvalue weighted by Crippen LogP contribution is 2.30. The largest absolute Gasteiger partial charge is 0.493 e. The van der Waals surface area contributed by atoms with Crippen LogP contribution in [-0.4, -0.2) is 35.4 Å². The predicted molar refractivity (Wildman–Crippen MR) is 129 cm³/mol. The van der Waals surface area contributed by atoms with Gasteiger partial charge in [-0.1, -0.05) is 23.4 Å². The van der Waals surface area contributed by atoms with Gasteiger partial charge in [-0.3, -0.25) is 14.2 Å². The number of amides is 1. The second-order valence-electron chi connectivity index (χ2n) is 6.55. The molecule has 1 amide bonds. The number of carbonyl (C=O) groups excluding carboxylic acids is 1. The Balaban J connectivity index is 1.59. The SMILES string of the molecule is COc1ccc(NC(=O)CSc2nc3ccsc3c(=O)n2-c2ccc(Cl)cc2)cc1OC. The van der Waals surface area contributed by atoms with Gasteiger partial charge < -0.3 is 14.8 Å². The van der Waals surface area contributed by atoms with E-state index in [-0.39, 0.29) is 17.2 Å². The zero-order chi connectivity index (χ0) is 22.7. The number of hydrogen-bond donors (Lipinski definition) is 1. The Labute approximate surface area is 197 Å². The van der Waals surface area contributed by atoms with Crippen LogP contribution in [0.2, 0.25) is 5.02 Å². The third-order valence-corrected chi connectivity index (χ3v) is 6.62. The summed E-state index contributed by atoms with van der Waals surface area (Å²) in [5.74, 6) is 0.896. The summed E-state index contributed by atoms with van der Waals surface area (Å²) in [5, 5.41) is 5.64. The quantitative estimate of drug-likeness (QED) is 0.296. The number of fused-ring (bicyclic) bond motifs is 1. The highest BCUT2D eigenvalue weighted by Gasteiger charge is 2.16.